The molecule has 3 N–H and O–H groups in total. The van der Waals surface area contributed by atoms with Crippen LogP contribution in [0.25, 0.3) is 0 Å². The Labute approximate surface area is 170 Å². The quantitative estimate of drug-likeness (QED) is 0.454. The van der Waals surface area contributed by atoms with Crippen LogP contribution in [0.4, 0.5) is 11.4 Å². The highest BCUT2D eigenvalue weighted by Gasteiger charge is 2.12. The van der Waals surface area contributed by atoms with Gasteiger partial charge in [-0.1, -0.05) is 18.2 Å². The minimum atomic E-state index is -0.243. The molecule has 0 radical (unpaired) electrons. The Morgan fingerprint density at radius 2 is 1.85 bits per heavy atom. The molecule has 7 heteroatoms. The Balaban J connectivity index is 1.58. The molecule has 0 saturated carbocycles. The number of anilines is 2. The number of para-hydroxylation sites is 1. The largest absolute Gasteiger partial charge is 0.467 e. The van der Waals surface area contributed by atoms with Crippen LogP contribution in [-0.4, -0.2) is 18.4 Å². The van der Waals surface area contributed by atoms with E-state index in [0.29, 0.717) is 23.6 Å². The zero-order valence-corrected chi connectivity index (χ0v) is 16.5. The number of carbonyl (C=O) groups excluding carboxylic acids is 2. The van der Waals surface area contributed by atoms with Crippen molar-refractivity contribution >= 4 is 45.8 Å². The van der Waals surface area contributed by atoms with Crippen LogP contribution in [0.15, 0.2) is 71.3 Å². The van der Waals surface area contributed by atoms with Crippen LogP contribution in [0.5, 0.6) is 0 Å². The van der Waals surface area contributed by atoms with Crippen LogP contribution in [0.2, 0.25) is 0 Å². The van der Waals surface area contributed by atoms with E-state index in [1.54, 1.807) is 36.6 Å². The van der Waals surface area contributed by atoms with Gasteiger partial charge < -0.3 is 20.4 Å². The summed E-state index contributed by atoms with van der Waals surface area (Å²) >= 11 is 2.19. The highest BCUT2D eigenvalue weighted by atomic mass is 127. The van der Waals surface area contributed by atoms with E-state index in [-0.39, 0.29) is 18.4 Å². The number of hydrogen-bond acceptors (Lipinski definition) is 4. The third-order valence-electron chi connectivity index (χ3n) is 3.72. The summed E-state index contributed by atoms with van der Waals surface area (Å²) in [6, 6.07) is 18.2. The van der Waals surface area contributed by atoms with Crippen molar-refractivity contribution in [2.24, 2.45) is 0 Å². The summed E-state index contributed by atoms with van der Waals surface area (Å²) in [6.45, 7) is 0.348. The predicted octanol–water partition coefficient (Wildman–Crippen LogP) is 3.86. The van der Waals surface area contributed by atoms with Crippen molar-refractivity contribution in [3.05, 3.63) is 81.8 Å². The van der Waals surface area contributed by atoms with Crippen LogP contribution in [0, 0.1) is 3.57 Å². The van der Waals surface area contributed by atoms with Crippen LogP contribution in [0.1, 0.15) is 16.1 Å². The van der Waals surface area contributed by atoms with Crippen molar-refractivity contribution in [3.63, 3.8) is 0 Å². The number of halogens is 1. The van der Waals surface area contributed by atoms with E-state index in [4.69, 9.17) is 4.42 Å². The number of carbonyl (C=O) groups is 2. The molecule has 138 valence electrons. The lowest BCUT2D eigenvalue weighted by Gasteiger charge is -2.12. The van der Waals surface area contributed by atoms with Gasteiger partial charge in [-0.2, -0.15) is 0 Å². The highest BCUT2D eigenvalue weighted by molar-refractivity contribution is 14.1. The van der Waals surface area contributed by atoms with Gasteiger partial charge in [-0.05, 0) is 65.1 Å². The number of hydrogen-bond donors (Lipinski definition) is 3. The maximum Gasteiger partial charge on any atom is 0.253 e. The number of amides is 2. The third kappa shape index (κ3) is 5.58. The number of furan rings is 1. The molecule has 6 nitrogen and oxygen atoms in total. The van der Waals surface area contributed by atoms with Gasteiger partial charge in [-0.15, -0.1) is 0 Å². The lowest BCUT2D eigenvalue weighted by atomic mass is 10.1. The van der Waals surface area contributed by atoms with Gasteiger partial charge in [0.15, 0.2) is 0 Å². The smallest absolute Gasteiger partial charge is 0.253 e. The van der Waals surface area contributed by atoms with Crippen LogP contribution in [0.3, 0.4) is 0 Å². The first kappa shape index (κ1) is 19.0. The van der Waals surface area contributed by atoms with E-state index in [1.807, 2.05) is 30.3 Å². The van der Waals surface area contributed by atoms with Gasteiger partial charge in [0.25, 0.3) is 5.91 Å². The van der Waals surface area contributed by atoms with Crippen molar-refractivity contribution in [3.8, 4) is 0 Å². The zero-order valence-electron chi connectivity index (χ0n) is 14.4. The Morgan fingerprint density at radius 1 is 1.00 bits per heavy atom. The molecule has 0 aliphatic rings. The number of benzene rings is 2. The lowest BCUT2D eigenvalue weighted by molar-refractivity contribution is -0.114. The molecule has 3 aromatic rings. The van der Waals surface area contributed by atoms with Crippen LogP contribution < -0.4 is 16.0 Å². The predicted molar refractivity (Wildman–Crippen MR) is 113 cm³/mol. The summed E-state index contributed by atoms with van der Waals surface area (Å²) in [7, 11) is 0. The standard InChI is InChI=1S/C20H18IN3O3/c21-14-5-3-6-15(11-14)24-19(25)13-22-18-9-2-1-8-17(18)20(26)23-12-16-7-4-10-27-16/h1-11,22H,12-13H2,(H,23,26)(H,24,25). The Bertz CT molecular complexity index is 926. The van der Waals surface area contributed by atoms with Gasteiger partial charge >= 0.3 is 0 Å². The molecule has 0 aliphatic carbocycles. The Morgan fingerprint density at radius 3 is 2.63 bits per heavy atom. The fourth-order valence-corrected chi connectivity index (χ4v) is 3.00. The molecule has 1 heterocycles. The fraction of sp³-hybridized carbons (Fsp3) is 0.100. The molecule has 1 aromatic heterocycles. The first-order valence-electron chi connectivity index (χ1n) is 8.31. The number of nitrogens with one attached hydrogen (secondary N) is 3. The summed E-state index contributed by atoms with van der Waals surface area (Å²) < 4.78 is 6.25. The van der Waals surface area contributed by atoms with Gasteiger partial charge in [0.1, 0.15) is 5.76 Å². The van der Waals surface area contributed by atoms with Gasteiger partial charge in [0.2, 0.25) is 5.91 Å². The fourth-order valence-electron chi connectivity index (χ4n) is 2.46. The number of rotatable bonds is 7. The highest BCUT2D eigenvalue weighted by Crippen LogP contribution is 2.16. The zero-order chi connectivity index (χ0) is 19.1. The molecular weight excluding hydrogens is 457 g/mol. The minimum Gasteiger partial charge on any atom is -0.467 e. The molecule has 0 bridgehead atoms. The van der Waals surface area contributed by atoms with Crippen LogP contribution >= 0.6 is 22.6 Å². The summed E-state index contributed by atoms with van der Waals surface area (Å²) in [4.78, 5) is 24.6. The van der Waals surface area contributed by atoms with E-state index in [0.717, 1.165) is 9.26 Å². The summed E-state index contributed by atoms with van der Waals surface area (Å²) in [6.07, 6.45) is 1.56. The average Bonchev–Trinajstić information content (AvgIpc) is 3.18. The minimum absolute atomic E-state index is 0.0496. The molecule has 0 aliphatic heterocycles. The second-order valence-corrected chi connectivity index (χ2v) is 6.97. The molecule has 2 aromatic carbocycles. The first-order valence-corrected chi connectivity index (χ1v) is 9.38. The second-order valence-electron chi connectivity index (χ2n) is 5.72. The average molecular weight is 475 g/mol. The van der Waals surface area contributed by atoms with E-state index in [9.17, 15) is 9.59 Å². The van der Waals surface area contributed by atoms with E-state index in [1.165, 1.54) is 0 Å². The monoisotopic (exact) mass is 475 g/mol. The maximum absolute atomic E-state index is 12.4. The van der Waals surface area contributed by atoms with Crippen molar-refractivity contribution in [2.45, 2.75) is 6.54 Å². The van der Waals surface area contributed by atoms with Gasteiger partial charge in [0.05, 0.1) is 24.9 Å². The van der Waals surface area contributed by atoms with E-state index >= 15 is 0 Å². The molecule has 0 unspecified atom stereocenters. The Hall–Kier alpha value is -2.81. The molecule has 0 atom stereocenters. The van der Waals surface area contributed by atoms with Gasteiger partial charge in [0, 0.05) is 14.9 Å². The normalized spacial score (nSPS) is 10.3. The Kier molecular flexibility index (Phi) is 6.48. The van der Waals surface area contributed by atoms with Crippen molar-refractivity contribution in [1.82, 2.24) is 5.32 Å². The van der Waals surface area contributed by atoms with E-state index < -0.39 is 0 Å². The summed E-state index contributed by atoms with van der Waals surface area (Å²) in [5.41, 5.74) is 1.79. The molecule has 27 heavy (non-hydrogen) atoms. The molecular formula is C20H18IN3O3. The van der Waals surface area contributed by atoms with Gasteiger partial charge in [-0.25, -0.2) is 0 Å². The molecule has 0 spiro atoms. The SMILES string of the molecule is O=C(CNc1ccccc1C(=O)NCc1ccco1)Nc1cccc(I)c1. The third-order valence-corrected chi connectivity index (χ3v) is 4.39. The van der Waals surface area contributed by atoms with Crippen molar-refractivity contribution in [1.29, 1.82) is 0 Å². The topological polar surface area (TPSA) is 83.4 Å². The first-order chi connectivity index (χ1) is 13.1. The molecule has 3 rings (SSSR count). The van der Waals surface area contributed by atoms with Crippen molar-refractivity contribution in [2.75, 3.05) is 17.2 Å². The summed E-state index contributed by atoms with van der Waals surface area (Å²) in [5, 5.41) is 8.65. The molecule has 2 amide bonds. The maximum atomic E-state index is 12.4. The molecule has 0 saturated heterocycles. The van der Waals surface area contributed by atoms with E-state index in [2.05, 4.69) is 38.5 Å². The second kappa shape index (κ2) is 9.22. The summed E-state index contributed by atoms with van der Waals surface area (Å²) in [5.74, 6) is 0.237. The van der Waals surface area contributed by atoms with Crippen molar-refractivity contribution < 1.29 is 14.0 Å². The van der Waals surface area contributed by atoms with Gasteiger partial charge in [-0.3, -0.25) is 9.59 Å². The van der Waals surface area contributed by atoms with Crippen LogP contribution in [-0.2, 0) is 11.3 Å². The molecule has 0 fully saturated rings. The lowest BCUT2D eigenvalue weighted by Crippen LogP contribution is -2.26.